The predicted molar refractivity (Wildman–Crippen MR) is 68.8 cm³/mol. The molecule has 0 aliphatic heterocycles. The lowest BCUT2D eigenvalue weighted by molar-refractivity contribution is -0.117. The molecule has 2 N–H and O–H groups in total. The van der Waals surface area contributed by atoms with Crippen LogP contribution in [0.15, 0.2) is 29.2 Å². The Morgan fingerprint density at radius 3 is 2.22 bits per heavy atom. The van der Waals surface area contributed by atoms with Gasteiger partial charge in [0.05, 0.1) is 16.6 Å². The van der Waals surface area contributed by atoms with Crippen molar-refractivity contribution in [2.75, 3.05) is 0 Å². The maximum Gasteiger partial charge on any atom is 0.221 e. The molecule has 1 saturated carbocycles. The van der Waals surface area contributed by atoms with Crippen LogP contribution in [0.3, 0.4) is 0 Å². The summed E-state index contributed by atoms with van der Waals surface area (Å²) in [5, 5.41) is -0.237. The fourth-order valence-corrected chi connectivity index (χ4v) is 4.24. The number of benzene rings is 1. The number of rotatable bonds is 4. The van der Waals surface area contributed by atoms with E-state index < -0.39 is 15.7 Å². The molecule has 1 aromatic carbocycles. The number of amides is 1. The smallest absolute Gasteiger partial charge is 0.221 e. The van der Waals surface area contributed by atoms with E-state index in [1.807, 2.05) is 0 Å². The van der Waals surface area contributed by atoms with Crippen LogP contribution in [0.1, 0.15) is 31.2 Å². The lowest BCUT2D eigenvalue weighted by Gasteiger charge is -2.11. The first-order valence-electron chi connectivity index (χ1n) is 6.11. The van der Waals surface area contributed by atoms with Crippen LogP contribution in [-0.4, -0.2) is 19.6 Å². The fourth-order valence-electron chi connectivity index (χ4n) is 2.39. The van der Waals surface area contributed by atoms with Crippen LogP contribution >= 0.6 is 0 Å². The maximum absolute atomic E-state index is 12.3. The highest BCUT2D eigenvalue weighted by Gasteiger charge is 2.29. The van der Waals surface area contributed by atoms with Crippen molar-refractivity contribution < 1.29 is 13.2 Å². The van der Waals surface area contributed by atoms with Crippen molar-refractivity contribution in [3.8, 4) is 0 Å². The number of nitrogens with two attached hydrogens (primary N) is 1. The Balaban J connectivity index is 2.20. The van der Waals surface area contributed by atoms with Crippen molar-refractivity contribution >= 4 is 15.7 Å². The van der Waals surface area contributed by atoms with Crippen LogP contribution in [0.25, 0.3) is 0 Å². The van der Waals surface area contributed by atoms with Crippen LogP contribution in [-0.2, 0) is 21.1 Å². The third-order valence-electron chi connectivity index (χ3n) is 3.37. The molecule has 0 spiro atoms. The second-order valence-electron chi connectivity index (χ2n) is 4.74. The first-order chi connectivity index (χ1) is 8.50. The summed E-state index contributed by atoms with van der Waals surface area (Å²) in [5.41, 5.74) is 5.83. The van der Waals surface area contributed by atoms with Crippen LogP contribution in [0, 0.1) is 0 Å². The van der Waals surface area contributed by atoms with Gasteiger partial charge in [0.1, 0.15) is 0 Å². The van der Waals surface area contributed by atoms with Crippen molar-refractivity contribution in [2.24, 2.45) is 5.73 Å². The van der Waals surface area contributed by atoms with Gasteiger partial charge in [-0.2, -0.15) is 0 Å². The van der Waals surface area contributed by atoms with E-state index in [-0.39, 0.29) is 11.7 Å². The Labute approximate surface area is 107 Å². The highest BCUT2D eigenvalue weighted by Crippen LogP contribution is 2.29. The van der Waals surface area contributed by atoms with Crippen molar-refractivity contribution in [1.82, 2.24) is 0 Å². The number of hydrogen-bond donors (Lipinski definition) is 1. The van der Waals surface area contributed by atoms with Gasteiger partial charge in [-0.25, -0.2) is 8.42 Å². The molecule has 0 unspecified atom stereocenters. The minimum atomic E-state index is -3.20. The molecule has 0 heterocycles. The highest BCUT2D eigenvalue weighted by molar-refractivity contribution is 7.92. The first-order valence-corrected chi connectivity index (χ1v) is 7.66. The molecule has 0 saturated heterocycles. The quantitative estimate of drug-likeness (QED) is 0.896. The maximum atomic E-state index is 12.3. The number of carbonyl (C=O) groups excluding carboxylic acids is 1. The van der Waals surface area contributed by atoms with E-state index >= 15 is 0 Å². The van der Waals surface area contributed by atoms with Gasteiger partial charge in [0, 0.05) is 0 Å². The van der Waals surface area contributed by atoms with E-state index in [0.717, 1.165) is 31.2 Å². The summed E-state index contributed by atoms with van der Waals surface area (Å²) < 4.78 is 24.6. The number of hydrogen-bond acceptors (Lipinski definition) is 3. The molecule has 0 atom stereocenters. The Kier molecular flexibility index (Phi) is 3.71. The highest BCUT2D eigenvalue weighted by atomic mass is 32.2. The van der Waals surface area contributed by atoms with E-state index in [4.69, 9.17) is 5.73 Å². The molecule has 0 bridgehead atoms. The van der Waals surface area contributed by atoms with Crippen molar-refractivity contribution in [3.05, 3.63) is 29.8 Å². The van der Waals surface area contributed by atoms with Gasteiger partial charge in [0.15, 0.2) is 9.84 Å². The Morgan fingerprint density at radius 2 is 1.72 bits per heavy atom. The van der Waals surface area contributed by atoms with E-state index in [1.165, 1.54) is 0 Å². The zero-order chi connectivity index (χ0) is 13.2. The molecule has 4 nitrogen and oxygen atoms in total. The molecular weight excluding hydrogens is 250 g/mol. The summed E-state index contributed by atoms with van der Waals surface area (Å²) in [5.74, 6) is -0.415. The third kappa shape index (κ3) is 2.72. The topological polar surface area (TPSA) is 77.2 Å². The summed E-state index contributed by atoms with van der Waals surface area (Å²) >= 11 is 0. The second-order valence-corrected chi connectivity index (χ2v) is 6.97. The number of primary amides is 1. The van der Waals surface area contributed by atoms with Crippen molar-refractivity contribution in [2.45, 2.75) is 42.2 Å². The van der Waals surface area contributed by atoms with E-state index in [0.29, 0.717) is 4.90 Å². The van der Waals surface area contributed by atoms with Gasteiger partial charge in [-0.15, -0.1) is 0 Å². The standard InChI is InChI=1S/C13H17NO3S/c14-13(15)9-10-5-7-12(8-6-10)18(16,17)11-3-1-2-4-11/h5-8,11H,1-4,9H2,(H2,14,15). The van der Waals surface area contributed by atoms with Crippen molar-refractivity contribution in [3.63, 3.8) is 0 Å². The fraction of sp³-hybridized carbons (Fsp3) is 0.462. The lowest BCUT2D eigenvalue weighted by Crippen LogP contribution is -2.18. The molecule has 2 rings (SSSR count). The second kappa shape index (κ2) is 5.10. The Bertz CT molecular complexity index is 528. The van der Waals surface area contributed by atoms with Gasteiger partial charge in [0.25, 0.3) is 0 Å². The minimum absolute atomic E-state index is 0.143. The van der Waals surface area contributed by atoms with E-state index in [9.17, 15) is 13.2 Å². The molecule has 0 aromatic heterocycles. The lowest BCUT2D eigenvalue weighted by atomic mass is 10.1. The largest absolute Gasteiger partial charge is 0.369 e. The Hall–Kier alpha value is -1.36. The summed E-state index contributed by atoms with van der Waals surface area (Å²) in [4.78, 5) is 11.1. The monoisotopic (exact) mass is 267 g/mol. The Morgan fingerprint density at radius 1 is 1.17 bits per heavy atom. The van der Waals surface area contributed by atoms with Crippen molar-refractivity contribution in [1.29, 1.82) is 0 Å². The van der Waals surface area contributed by atoms with Crippen LogP contribution in [0.4, 0.5) is 0 Å². The predicted octanol–water partition coefficient (Wildman–Crippen LogP) is 1.43. The van der Waals surface area contributed by atoms with Crippen LogP contribution < -0.4 is 5.73 Å². The minimum Gasteiger partial charge on any atom is -0.369 e. The summed E-state index contributed by atoms with van der Waals surface area (Å²) in [6, 6.07) is 6.47. The molecule has 0 radical (unpaired) electrons. The van der Waals surface area contributed by atoms with Gasteiger partial charge in [-0.1, -0.05) is 25.0 Å². The van der Waals surface area contributed by atoms with Gasteiger partial charge in [-0.3, -0.25) is 4.79 Å². The molecule has 1 aliphatic carbocycles. The molecule has 5 heteroatoms. The van der Waals surface area contributed by atoms with Crippen LogP contribution in [0.5, 0.6) is 0 Å². The molecule has 98 valence electrons. The van der Waals surface area contributed by atoms with Gasteiger partial charge in [0.2, 0.25) is 5.91 Å². The van der Waals surface area contributed by atoms with Crippen LogP contribution in [0.2, 0.25) is 0 Å². The van der Waals surface area contributed by atoms with Gasteiger partial charge in [-0.05, 0) is 30.5 Å². The first kappa shape index (κ1) is 13.1. The average molecular weight is 267 g/mol. The average Bonchev–Trinajstić information content (AvgIpc) is 2.83. The zero-order valence-electron chi connectivity index (χ0n) is 10.1. The normalized spacial score (nSPS) is 16.9. The molecule has 18 heavy (non-hydrogen) atoms. The van der Waals surface area contributed by atoms with E-state index in [2.05, 4.69) is 0 Å². The van der Waals surface area contributed by atoms with E-state index in [1.54, 1.807) is 24.3 Å². The molecule has 1 aromatic rings. The van der Waals surface area contributed by atoms with Gasteiger partial charge < -0.3 is 5.73 Å². The third-order valence-corrected chi connectivity index (χ3v) is 5.65. The molecular formula is C13H17NO3S. The molecule has 1 aliphatic rings. The van der Waals surface area contributed by atoms with Gasteiger partial charge >= 0.3 is 0 Å². The SMILES string of the molecule is NC(=O)Cc1ccc(S(=O)(=O)C2CCCC2)cc1. The molecule has 1 fully saturated rings. The number of carbonyl (C=O) groups is 1. The summed E-state index contributed by atoms with van der Waals surface area (Å²) in [6.07, 6.45) is 3.63. The summed E-state index contributed by atoms with van der Waals surface area (Å²) in [7, 11) is -3.20. The molecule has 1 amide bonds. The number of sulfone groups is 1. The summed E-state index contributed by atoms with van der Waals surface area (Å²) in [6.45, 7) is 0. The zero-order valence-corrected chi connectivity index (χ0v) is 10.9.